The van der Waals surface area contributed by atoms with Crippen LogP contribution in [0.25, 0.3) is 0 Å². The van der Waals surface area contributed by atoms with Crippen LogP contribution in [0.4, 0.5) is 5.69 Å². The number of nitrogens with zero attached hydrogens (tertiary/aromatic N) is 2. The number of aryl methyl sites for hydroxylation is 2. The second kappa shape index (κ2) is 7.92. The van der Waals surface area contributed by atoms with Gasteiger partial charge in [0, 0.05) is 11.4 Å². The van der Waals surface area contributed by atoms with Crippen LogP contribution < -0.4 is 5.32 Å². The van der Waals surface area contributed by atoms with Crippen molar-refractivity contribution in [2.75, 3.05) is 5.32 Å². The number of hydrogen-bond donors (Lipinski definition) is 1. The monoisotopic (exact) mass is 365 g/mol. The smallest absolute Gasteiger partial charge is 0.237 e. The van der Waals surface area contributed by atoms with E-state index in [1.807, 2.05) is 44.2 Å². The van der Waals surface area contributed by atoms with Gasteiger partial charge in [-0.1, -0.05) is 36.9 Å². The molecule has 4 nitrogen and oxygen atoms in total. The maximum Gasteiger partial charge on any atom is 0.237 e. The Bertz CT molecular complexity index is 872. The van der Waals surface area contributed by atoms with E-state index in [1.165, 1.54) is 17.3 Å². The topological polar surface area (TPSA) is 65.8 Å². The van der Waals surface area contributed by atoms with Crippen molar-refractivity contribution in [1.29, 1.82) is 5.26 Å². The minimum Gasteiger partial charge on any atom is -0.325 e. The first-order valence-corrected chi connectivity index (χ1v) is 9.82. The zero-order chi connectivity index (χ0) is 18.7. The van der Waals surface area contributed by atoms with Crippen LogP contribution in [0.5, 0.6) is 0 Å². The minimum absolute atomic E-state index is 0.0821. The highest BCUT2D eigenvalue weighted by Crippen LogP contribution is 2.31. The SMILES string of the molecule is Cc1ccccc1NC(=O)C(C)Sc1nc2c(cc1C#N)CC(C)CC2. The van der Waals surface area contributed by atoms with E-state index >= 15 is 0 Å². The first-order chi connectivity index (χ1) is 12.5. The number of nitriles is 1. The molecule has 5 heteroatoms. The zero-order valence-electron chi connectivity index (χ0n) is 15.4. The molecule has 1 aromatic heterocycles. The van der Waals surface area contributed by atoms with E-state index in [-0.39, 0.29) is 11.2 Å². The third kappa shape index (κ3) is 4.08. The summed E-state index contributed by atoms with van der Waals surface area (Å²) in [5, 5.41) is 12.8. The Morgan fingerprint density at radius 3 is 2.92 bits per heavy atom. The Morgan fingerprint density at radius 2 is 2.19 bits per heavy atom. The van der Waals surface area contributed by atoms with Crippen LogP contribution in [-0.2, 0) is 17.6 Å². The van der Waals surface area contributed by atoms with Gasteiger partial charge in [-0.25, -0.2) is 4.98 Å². The number of carbonyl (C=O) groups is 1. The van der Waals surface area contributed by atoms with Gasteiger partial charge in [0.05, 0.1) is 10.8 Å². The average molecular weight is 366 g/mol. The number of pyridine rings is 1. The van der Waals surface area contributed by atoms with E-state index in [4.69, 9.17) is 4.98 Å². The highest BCUT2D eigenvalue weighted by Gasteiger charge is 2.22. The van der Waals surface area contributed by atoms with Crippen LogP contribution in [-0.4, -0.2) is 16.1 Å². The maximum atomic E-state index is 12.6. The second-order valence-corrected chi connectivity index (χ2v) is 8.30. The molecule has 0 bridgehead atoms. The molecular weight excluding hydrogens is 342 g/mol. The summed E-state index contributed by atoms with van der Waals surface area (Å²) in [6, 6.07) is 11.9. The van der Waals surface area contributed by atoms with Crippen molar-refractivity contribution in [2.45, 2.75) is 50.3 Å². The molecule has 1 aliphatic rings. The molecule has 1 amide bonds. The van der Waals surface area contributed by atoms with Crippen molar-refractivity contribution < 1.29 is 4.79 Å². The van der Waals surface area contributed by atoms with Crippen molar-refractivity contribution in [3.63, 3.8) is 0 Å². The van der Waals surface area contributed by atoms with Crippen LogP contribution in [0.1, 0.15) is 42.7 Å². The van der Waals surface area contributed by atoms with E-state index < -0.39 is 0 Å². The van der Waals surface area contributed by atoms with E-state index in [1.54, 1.807) is 0 Å². The molecule has 1 N–H and O–H groups in total. The minimum atomic E-state index is -0.338. The summed E-state index contributed by atoms with van der Waals surface area (Å²) in [7, 11) is 0. The van der Waals surface area contributed by atoms with Gasteiger partial charge in [0.15, 0.2) is 0 Å². The van der Waals surface area contributed by atoms with Gasteiger partial charge in [0.2, 0.25) is 5.91 Å². The van der Waals surface area contributed by atoms with Crippen molar-refractivity contribution in [2.24, 2.45) is 5.92 Å². The number of nitrogens with one attached hydrogen (secondary N) is 1. The highest BCUT2D eigenvalue weighted by atomic mass is 32.2. The van der Waals surface area contributed by atoms with Crippen molar-refractivity contribution >= 4 is 23.4 Å². The first-order valence-electron chi connectivity index (χ1n) is 8.94. The molecule has 0 saturated heterocycles. The van der Waals surface area contributed by atoms with Gasteiger partial charge in [-0.05, 0) is 62.3 Å². The quantitative estimate of drug-likeness (QED) is 0.810. The highest BCUT2D eigenvalue weighted by molar-refractivity contribution is 8.00. The average Bonchev–Trinajstić information content (AvgIpc) is 2.63. The lowest BCUT2D eigenvalue weighted by Crippen LogP contribution is -2.23. The summed E-state index contributed by atoms with van der Waals surface area (Å²) in [5.41, 5.74) is 4.67. The van der Waals surface area contributed by atoms with Crippen LogP contribution >= 0.6 is 11.8 Å². The predicted octanol–water partition coefficient (Wildman–Crippen LogP) is 4.51. The van der Waals surface area contributed by atoms with Gasteiger partial charge in [-0.2, -0.15) is 5.26 Å². The number of fused-ring (bicyclic) bond motifs is 1. The summed E-state index contributed by atoms with van der Waals surface area (Å²) in [5.74, 6) is 0.550. The Hall–Kier alpha value is -2.32. The number of anilines is 1. The molecule has 0 radical (unpaired) electrons. The largest absolute Gasteiger partial charge is 0.325 e. The molecule has 1 aromatic carbocycles. The number of thioether (sulfide) groups is 1. The molecule has 0 aliphatic heterocycles. The van der Waals surface area contributed by atoms with Crippen LogP contribution in [0.15, 0.2) is 35.4 Å². The van der Waals surface area contributed by atoms with E-state index in [2.05, 4.69) is 18.3 Å². The number of para-hydroxylation sites is 1. The lowest BCUT2D eigenvalue weighted by molar-refractivity contribution is -0.115. The summed E-state index contributed by atoms with van der Waals surface area (Å²) in [6.07, 6.45) is 3.05. The van der Waals surface area contributed by atoms with Gasteiger partial charge < -0.3 is 5.32 Å². The van der Waals surface area contributed by atoms with Crippen molar-refractivity contribution in [3.8, 4) is 6.07 Å². The molecule has 0 fully saturated rings. The second-order valence-electron chi connectivity index (χ2n) is 6.97. The molecule has 0 spiro atoms. The normalized spacial score (nSPS) is 17.1. The van der Waals surface area contributed by atoms with Gasteiger partial charge in [0.1, 0.15) is 11.1 Å². The van der Waals surface area contributed by atoms with E-state index in [9.17, 15) is 10.1 Å². The van der Waals surface area contributed by atoms with Gasteiger partial charge in [-0.15, -0.1) is 0 Å². The third-order valence-corrected chi connectivity index (χ3v) is 5.88. The summed E-state index contributed by atoms with van der Waals surface area (Å²) in [4.78, 5) is 17.3. The molecule has 134 valence electrons. The summed E-state index contributed by atoms with van der Waals surface area (Å²) >= 11 is 1.36. The Labute approximate surface area is 159 Å². The van der Waals surface area contributed by atoms with E-state index in [0.29, 0.717) is 16.5 Å². The fourth-order valence-electron chi connectivity index (χ4n) is 3.17. The number of rotatable bonds is 4. The van der Waals surface area contributed by atoms with Crippen LogP contribution in [0.3, 0.4) is 0 Å². The fraction of sp³-hybridized carbons (Fsp3) is 0.381. The molecule has 1 aliphatic carbocycles. The van der Waals surface area contributed by atoms with Crippen molar-refractivity contribution in [1.82, 2.24) is 4.98 Å². The Morgan fingerprint density at radius 1 is 1.42 bits per heavy atom. The number of hydrogen-bond acceptors (Lipinski definition) is 4. The predicted molar refractivity (Wildman–Crippen MR) is 105 cm³/mol. The Kier molecular flexibility index (Phi) is 5.63. The van der Waals surface area contributed by atoms with E-state index in [0.717, 1.165) is 36.2 Å². The van der Waals surface area contributed by atoms with Crippen molar-refractivity contribution in [3.05, 3.63) is 52.7 Å². The number of benzene rings is 1. The Balaban J connectivity index is 1.76. The molecular formula is C21H23N3OS. The summed E-state index contributed by atoms with van der Waals surface area (Å²) in [6.45, 7) is 6.05. The molecule has 3 rings (SSSR count). The number of amides is 1. The molecule has 2 unspecified atom stereocenters. The lowest BCUT2D eigenvalue weighted by Gasteiger charge is -2.22. The number of aromatic nitrogens is 1. The zero-order valence-corrected chi connectivity index (χ0v) is 16.2. The molecule has 26 heavy (non-hydrogen) atoms. The standard InChI is InChI=1S/C21H23N3OS/c1-13-8-9-19-16(10-13)11-17(12-22)21(24-19)26-15(3)20(25)23-18-7-5-4-6-14(18)2/h4-7,11,13,15H,8-10H2,1-3H3,(H,23,25). The van der Waals surface area contributed by atoms with Gasteiger partial charge >= 0.3 is 0 Å². The van der Waals surface area contributed by atoms with Crippen LogP contribution in [0.2, 0.25) is 0 Å². The summed E-state index contributed by atoms with van der Waals surface area (Å²) < 4.78 is 0. The number of carbonyl (C=O) groups excluding carboxylic acids is 1. The maximum absolute atomic E-state index is 12.6. The molecule has 2 aromatic rings. The van der Waals surface area contributed by atoms with Crippen LogP contribution in [0, 0.1) is 24.2 Å². The fourth-order valence-corrected chi connectivity index (χ4v) is 4.06. The molecule has 0 saturated carbocycles. The first kappa shape index (κ1) is 18.5. The third-order valence-electron chi connectivity index (χ3n) is 4.78. The molecule has 2 atom stereocenters. The van der Waals surface area contributed by atoms with Gasteiger partial charge in [0.25, 0.3) is 0 Å². The van der Waals surface area contributed by atoms with Gasteiger partial charge in [-0.3, -0.25) is 4.79 Å². The molecule has 1 heterocycles. The lowest BCUT2D eigenvalue weighted by atomic mass is 9.87.